The molecule has 0 aliphatic carbocycles. The molecule has 8 heteroatoms. The third kappa shape index (κ3) is 3.40. The number of aromatic nitrogens is 3. The van der Waals surface area contributed by atoms with Gasteiger partial charge in [0.05, 0.1) is 17.1 Å². The molecule has 0 spiro atoms. The molecule has 0 N–H and O–H groups in total. The zero-order chi connectivity index (χ0) is 22.5. The maximum atomic E-state index is 13.6. The van der Waals surface area contributed by atoms with Crippen LogP contribution in [0.1, 0.15) is 28.3 Å². The summed E-state index contributed by atoms with van der Waals surface area (Å²) in [4.78, 5) is 0.257. The smallest absolute Gasteiger partial charge is 0.268 e. The third-order valence-corrected chi connectivity index (χ3v) is 7.99. The average molecular weight is 449 g/mol. The highest BCUT2D eigenvalue weighted by Crippen LogP contribution is 2.34. The number of hydrogen-bond donors (Lipinski definition) is 0. The molecule has 0 unspecified atom stereocenters. The SMILES string of the molecule is Cc1ccc(-c2cc(Cn3nc(C)c(S(=O)(=O)N4CCc5ccccc54)c3C)on2)cc1. The van der Waals surface area contributed by atoms with Gasteiger partial charge in [-0.2, -0.15) is 5.10 Å². The second kappa shape index (κ2) is 7.63. The molecule has 7 nitrogen and oxygen atoms in total. The summed E-state index contributed by atoms with van der Waals surface area (Å²) in [5.41, 5.74) is 5.74. The fraction of sp³-hybridized carbons (Fsp3) is 0.250. The van der Waals surface area contributed by atoms with Gasteiger partial charge in [-0.1, -0.05) is 53.2 Å². The molecule has 4 aromatic rings. The van der Waals surface area contributed by atoms with Crippen molar-refractivity contribution in [3.8, 4) is 11.3 Å². The molecule has 0 saturated heterocycles. The van der Waals surface area contributed by atoms with E-state index in [1.165, 1.54) is 9.87 Å². The van der Waals surface area contributed by atoms with E-state index in [0.29, 0.717) is 36.7 Å². The Morgan fingerprint density at radius 1 is 1.03 bits per heavy atom. The van der Waals surface area contributed by atoms with Gasteiger partial charge in [-0.15, -0.1) is 0 Å². The Bertz CT molecular complexity index is 1400. The van der Waals surface area contributed by atoms with Crippen LogP contribution in [0.3, 0.4) is 0 Å². The lowest BCUT2D eigenvalue weighted by Crippen LogP contribution is -2.30. The molecule has 0 atom stereocenters. The van der Waals surface area contributed by atoms with Crippen LogP contribution in [-0.2, 0) is 23.0 Å². The number of benzene rings is 2. The quantitative estimate of drug-likeness (QED) is 0.456. The molecule has 0 bridgehead atoms. The first-order chi connectivity index (χ1) is 15.3. The highest BCUT2D eigenvalue weighted by molar-refractivity contribution is 7.93. The number of sulfonamides is 1. The topological polar surface area (TPSA) is 81.2 Å². The van der Waals surface area contributed by atoms with Crippen molar-refractivity contribution in [3.05, 3.63) is 82.9 Å². The maximum Gasteiger partial charge on any atom is 0.268 e. The van der Waals surface area contributed by atoms with E-state index in [9.17, 15) is 8.42 Å². The molecule has 1 aliphatic heterocycles. The monoisotopic (exact) mass is 448 g/mol. The van der Waals surface area contributed by atoms with E-state index in [1.807, 2.05) is 61.5 Å². The molecule has 0 saturated carbocycles. The summed E-state index contributed by atoms with van der Waals surface area (Å²) >= 11 is 0. The van der Waals surface area contributed by atoms with E-state index >= 15 is 0 Å². The van der Waals surface area contributed by atoms with Crippen molar-refractivity contribution in [2.75, 3.05) is 10.8 Å². The summed E-state index contributed by atoms with van der Waals surface area (Å²) in [6, 6.07) is 17.6. The second-order valence-corrected chi connectivity index (χ2v) is 9.96. The van der Waals surface area contributed by atoms with Crippen LogP contribution in [0.15, 0.2) is 64.0 Å². The zero-order valence-corrected chi connectivity index (χ0v) is 19.1. The van der Waals surface area contributed by atoms with E-state index in [4.69, 9.17) is 4.52 Å². The van der Waals surface area contributed by atoms with Crippen LogP contribution in [0, 0.1) is 20.8 Å². The van der Waals surface area contributed by atoms with Gasteiger partial charge < -0.3 is 4.52 Å². The van der Waals surface area contributed by atoms with E-state index in [2.05, 4.69) is 10.3 Å². The molecule has 2 aromatic heterocycles. The Morgan fingerprint density at radius 3 is 2.56 bits per heavy atom. The van der Waals surface area contributed by atoms with Crippen LogP contribution in [0.2, 0.25) is 0 Å². The molecular formula is C24H24N4O3S. The first-order valence-corrected chi connectivity index (χ1v) is 12.0. The van der Waals surface area contributed by atoms with E-state index in [0.717, 1.165) is 22.5 Å². The molecule has 5 rings (SSSR count). The number of para-hydroxylation sites is 1. The minimum atomic E-state index is -3.72. The molecule has 0 amide bonds. The molecule has 2 aromatic carbocycles. The fourth-order valence-electron chi connectivity index (χ4n) is 4.27. The summed E-state index contributed by atoms with van der Waals surface area (Å²) in [6.07, 6.45) is 0.710. The Hall–Kier alpha value is -3.39. The van der Waals surface area contributed by atoms with Crippen LogP contribution in [0.5, 0.6) is 0 Å². The van der Waals surface area contributed by atoms with Gasteiger partial charge in [0.1, 0.15) is 17.1 Å². The number of nitrogens with zero attached hydrogens (tertiary/aromatic N) is 4. The van der Waals surface area contributed by atoms with Gasteiger partial charge in [0, 0.05) is 18.2 Å². The van der Waals surface area contributed by atoms with Gasteiger partial charge in [-0.3, -0.25) is 8.99 Å². The van der Waals surface area contributed by atoms with Crippen LogP contribution < -0.4 is 4.31 Å². The van der Waals surface area contributed by atoms with Crippen LogP contribution >= 0.6 is 0 Å². The van der Waals surface area contributed by atoms with Gasteiger partial charge in [0.2, 0.25) is 0 Å². The van der Waals surface area contributed by atoms with Gasteiger partial charge in [-0.05, 0) is 38.8 Å². The molecule has 0 radical (unpaired) electrons. The lowest BCUT2D eigenvalue weighted by molar-refractivity contribution is 0.371. The van der Waals surface area contributed by atoms with Crippen molar-refractivity contribution in [2.45, 2.75) is 38.6 Å². The molecule has 164 valence electrons. The Labute approximate surface area is 187 Å². The minimum Gasteiger partial charge on any atom is -0.359 e. The van der Waals surface area contributed by atoms with Crippen molar-refractivity contribution in [2.24, 2.45) is 0 Å². The zero-order valence-electron chi connectivity index (χ0n) is 18.2. The summed E-state index contributed by atoms with van der Waals surface area (Å²) in [6.45, 7) is 6.29. The summed E-state index contributed by atoms with van der Waals surface area (Å²) in [5.74, 6) is 0.613. The van der Waals surface area contributed by atoms with Gasteiger partial charge >= 0.3 is 0 Å². The molecule has 1 aliphatic rings. The average Bonchev–Trinajstić information content (AvgIpc) is 3.47. The lowest BCUT2D eigenvalue weighted by Gasteiger charge is -2.19. The molecule has 32 heavy (non-hydrogen) atoms. The highest BCUT2D eigenvalue weighted by atomic mass is 32.2. The fourth-order valence-corrected chi connectivity index (χ4v) is 6.15. The first-order valence-electron chi connectivity index (χ1n) is 10.5. The second-order valence-electron chi connectivity index (χ2n) is 8.16. The normalized spacial score (nSPS) is 13.5. The lowest BCUT2D eigenvalue weighted by atomic mass is 10.1. The van der Waals surface area contributed by atoms with E-state index in [1.54, 1.807) is 18.5 Å². The van der Waals surface area contributed by atoms with Crippen molar-refractivity contribution in [3.63, 3.8) is 0 Å². The van der Waals surface area contributed by atoms with Crippen LogP contribution in [-0.4, -0.2) is 29.9 Å². The Balaban J connectivity index is 1.45. The third-order valence-electron chi connectivity index (χ3n) is 5.92. The maximum absolute atomic E-state index is 13.6. The summed E-state index contributed by atoms with van der Waals surface area (Å²) < 4.78 is 35.8. The number of anilines is 1. The number of hydrogen-bond acceptors (Lipinski definition) is 5. The standard InChI is InChI=1S/C24H24N4O3S/c1-16-8-10-19(11-9-16)22-14-21(31-26-22)15-27-18(3)24(17(2)25-27)32(29,30)28-13-12-20-6-4-5-7-23(20)28/h4-11,14H,12-13,15H2,1-3H3. The van der Waals surface area contributed by atoms with Crippen molar-refractivity contribution >= 4 is 15.7 Å². The molecule has 3 heterocycles. The minimum absolute atomic E-state index is 0.257. The van der Waals surface area contributed by atoms with Gasteiger partial charge in [-0.25, -0.2) is 8.42 Å². The van der Waals surface area contributed by atoms with Crippen LogP contribution in [0.25, 0.3) is 11.3 Å². The Morgan fingerprint density at radius 2 is 1.78 bits per heavy atom. The van der Waals surface area contributed by atoms with Crippen molar-refractivity contribution in [1.82, 2.24) is 14.9 Å². The van der Waals surface area contributed by atoms with Gasteiger partial charge in [0.25, 0.3) is 10.0 Å². The predicted molar refractivity (Wildman–Crippen MR) is 122 cm³/mol. The highest BCUT2D eigenvalue weighted by Gasteiger charge is 2.35. The van der Waals surface area contributed by atoms with Crippen molar-refractivity contribution in [1.29, 1.82) is 0 Å². The first kappa shape index (κ1) is 20.5. The Kier molecular flexibility index (Phi) is 4.89. The van der Waals surface area contributed by atoms with Crippen molar-refractivity contribution < 1.29 is 12.9 Å². The van der Waals surface area contributed by atoms with E-state index < -0.39 is 10.0 Å². The predicted octanol–water partition coefficient (Wildman–Crippen LogP) is 4.26. The molecule has 0 fully saturated rings. The van der Waals surface area contributed by atoms with E-state index in [-0.39, 0.29) is 4.90 Å². The molecular weight excluding hydrogens is 424 g/mol. The largest absolute Gasteiger partial charge is 0.359 e. The van der Waals surface area contributed by atoms with Crippen LogP contribution in [0.4, 0.5) is 5.69 Å². The summed E-state index contributed by atoms with van der Waals surface area (Å²) in [5, 5.41) is 8.68. The number of fused-ring (bicyclic) bond motifs is 1. The van der Waals surface area contributed by atoms with Gasteiger partial charge in [0.15, 0.2) is 5.76 Å². The number of rotatable bonds is 5. The summed E-state index contributed by atoms with van der Waals surface area (Å²) in [7, 11) is -3.72. The number of aryl methyl sites for hydroxylation is 2.